The maximum absolute atomic E-state index is 5.52. The van der Waals surface area contributed by atoms with Crippen molar-refractivity contribution in [1.29, 1.82) is 0 Å². The summed E-state index contributed by atoms with van der Waals surface area (Å²) < 4.78 is 5.52. The minimum Gasteiger partial charge on any atom is -0.494 e. The van der Waals surface area contributed by atoms with Gasteiger partial charge in [-0.15, -0.1) is 0 Å². The van der Waals surface area contributed by atoms with E-state index in [0.717, 1.165) is 18.3 Å². The predicted molar refractivity (Wildman–Crippen MR) is 82.1 cm³/mol. The van der Waals surface area contributed by atoms with Gasteiger partial charge in [0.15, 0.2) is 0 Å². The lowest BCUT2D eigenvalue weighted by Gasteiger charge is -2.25. The minimum atomic E-state index is 0.498. The summed E-state index contributed by atoms with van der Waals surface area (Å²) in [6, 6.07) is 9.83. The van der Waals surface area contributed by atoms with Gasteiger partial charge in [0.2, 0.25) is 0 Å². The highest BCUT2D eigenvalue weighted by Gasteiger charge is 2.36. The number of ether oxygens (including phenoxy) is 1. The lowest BCUT2D eigenvalue weighted by atomic mass is 9.94. The SMILES string of the molecule is CCOc1ccc(C(C)N2C[C@@H]3CCCN[C@@H]3C2)cc1. The van der Waals surface area contributed by atoms with Crippen molar-refractivity contribution >= 4 is 0 Å². The van der Waals surface area contributed by atoms with Gasteiger partial charge in [-0.2, -0.15) is 0 Å². The Labute approximate surface area is 122 Å². The summed E-state index contributed by atoms with van der Waals surface area (Å²) in [5, 5.41) is 3.68. The maximum atomic E-state index is 5.52. The molecule has 0 aliphatic carbocycles. The average molecular weight is 274 g/mol. The van der Waals surface area contributed by atoms with Gasteiger partial charge < -0.3 is 10.1 Å². The molecule has 2 aliphatic heterocycles. The number of nitrogens with one attached hydrogen (secondary N) is 1. The van der Waals surface area contributed by atoms with Crippen molar-refractivity contribution in [1.82, 2.24) is 10.2 Å². The second-order valence-corrected chi connectivity index (χ2v) is 6.09. The third-order valence-electron chi connectivity index (χ3n) is 4.85. The van der Waals surface area contributed by atoms with Crippen LogP contribution >= 0.6 is 0 Å². The van der Waals surface area contributed by atoms with Gasteiger partial charge in [0.25, 0.3) is 0 Å². The van der Waals surface area contributed by atoms with E-state index in [1.807, 2.05) is 6.92 Å². The normalized spacial score (nSPS) is 28.1. The molecule has 3 atom stereocenters. The van der Waals surface area contributed by atoms with Gasteiger partial charge in [-0.05, 0) is 56.8 Å². The lowest BCUT2D eigenvalue weighted by Crippen LogP contribution is -2.40. The molecule has 1 unspecified atom stereocenters. The standard InChI is InChI=1S/C17H26N2O/c1-3-20-16-8-6-14(7-9-16)13(2)19-11-15-5-4-10-18-17(15)12-19/h6-9,13,15,17-18H,3-5,10-12H2,1-2H3/t13?,15-,17+/m0/s1. The Kier molecular flexibility index (Phi) is 4.27. The molecule has 0 spiro atoms. The summed E-state index contributed by atoms with van der Waals surface area (Å²) in [5.74, 6) is 1.83. The number of rotatable bonds is 4. The van der Waals surface area contributed by atoms with E-state index in [9.17, 15) is 0 Å². The fraction of sp³-hybridized carbons (Fsp3) is 0.647. The number of hydrogen-bond acceptors (Lipinski definition) is 3. The van der Waals surface area contributed by atoms with Crippen LogP contribution in [0, 0.1) is 5.92 Å². The van der Waals surface area contributed by atoms with Crippen LogP contribution < -0.4 is 10.1 Å². The maximum Gasteiger partial charge on any atom is 0.119 e. The molecule has 2 saturated heterocycles. The van der Waals surface area contributed by atoms with Crippen LogP contribution in [0.2, 0.25) is 0 Å². The minimum absolute atomic E-state index is 0.498. The lowest BCUT2D eigenvalue weighted by molar-refractivity contribution is 0.250. The van der Waals surface area contributed by atoms with Gasteiger partial charge in [-0.25, -0.2) is 0 Å². The first-order chi connectivity index (χ1) is 9.78. The molecular formula is C17H26N2O. The molecule has 2 fully saturated rings. The van der Waals surface area contributed by atoms with Crippen molar-refractivity contribution in [3.63, 3.8) is 0 Å². The van der Waals surface area contributed by atoms with Crippen molar-refractivity contribution in [3.05, 3.63) is 29.8 Å². The Hall–Kier alpha value is -1.06. The van der Waals surface area contributed by atoms with Crippen molar-refractivity contribution in [2.24, 2.45) is 5.92 Å². The van der Waals surface area contributed by atoms with E-state index in [0.29, 0.717) is 12.1 Å². The van der Waals surface area contributed by atoms with Gasteiger partial charge in [0.05, 0.1) is 6.61 Å². The molecule has 1 N–H and O–H groups in total. The summed E-state index contributed by atoms with van der Waals surface area (Å²) in [5.41, 5.74) is 1.40. The first-order valence-corrected chi connectivity index (χ1v) is 7.98. The highest BCUT2D eigenvalue weighted by atomic mass is 16.5. The zero-order valence-corrected chi connectivity index (χ0v) is 12.6. The van der Waals surface area contributed by atoms with Crippen molar-refractivity contribution in [2.45, 2.75) is 38.8 Å². The van der Waals surface area contributed by atoms with Gasteiger partial charge in [-0.1, -0.05) is 12.1 Å². The van der Waals surface area contributed by atoms with Crippen LogP contribution in [0.15, 0.2) is 24.3 Å². The van der Waals surface area contributed by atoms with E-state index in [-0.39, 0.29) is 0 Å². The Morgan fingerprint density at radius 3 is 2.80 bits per heavy atom. The zero-order chi connectivity index (χ0) is 13.9. The number of benzene rings is 1. The quantitative estimate of drug-likeness (QED) is 0.913. The van der Waals surface area contributed by atoms with E-state index >= 15 is 0 Å². The van der Waals surface area contributed by atoms with E-state index in [1.54, 1.807) is 0 Å². The van der Waals surface area contributed by atoms with Crippen LogP contribution in [0.4, 0.5) is 0 Å². The molecule has 0 saturated carbocycles. The van der Waals surface area contributed by atoms with E-state index in [4.69, 9.17) is 4.74 Å². The number of nitrogens with zero attached hydrogens (tertiary/aromatic N) is 1. The van der Waals surface area contributed by atoms with Crippen LogP contribution in [-0.2, 0) is 0 Å². The summed E-state index contributed by atoms with van der Waals surface area (Å²) in [6.07, 6.45) is 2.73. The zero-order valence-electron chi connectivity index (χ0n) is 12.6. The molecule has 20 heavy (non-hydrogen) atoms. The highest BCUT2D eigenvalue weighted by Crippen LogP contribution is 2.31. The molecule has 2 aliphatic rings. The second kappa shape index (κ2) is 6.15. The molecule has 3 heteroatoms. The number of fused-ring (bicyclic) bond motifs is 1. The van der Waals surface area contributed by atoms with Crippen LogP contribution in [0.1, 0.15) is 38.3 Å². The Bertz CT molecular complexity index is 417. The first-order valence-electron chi connectivity index (χ1n) is 7.98. The number of hydrogen-bond donors (Lipinski definition) is 1. The van der Waals surface area contributed by atoms with Crippen molar-refractivity contribution < 1.29 is 4.74 Å². The molecule has 0 amide bonds. The second-order valence-electron chi connectivity index (χ2n) is 6.09. The number of likely N-dealkylation sites (tertiary alicyclic amines) is 1. The largest absolute Gasteiger partial charge is 0.494 e. The summed E-state index contributed by atoms with van der Waals surface area (Å²) >= 11 is 0. The topological polar surface area (TPSA) is 24.5 Å². The molecule has 2 heterocycles. The van der Waals surface area contributed by atoms with Crippen molar-refractivity contribution in [2.75, 3.05) is 26.2 Å². The average Bonchev–Trinajstić information content (AvgIpc) is 2.91. The molecule has 1 aromatic carbocycles. The fourth-order valence-electron chi connectivity index (χ4n) is 3.62. The first kappa shape index (κ1) is 13.9. The molecule has 3 nitrogen and oxygen atoms in total. The molecule has 3 rings (SSSR count). The third kappa shape index (κ3) is 2.84. The third-order valence-corrected chi connectivity index (χ3v) is 4.85. The summed E-state index contributed by atoms with van der Waals surface area (Å²) in [7, 11) is 0. The summed E-state index contributed by atoms with van der Waals surface area (Å²) in [4.78, 5) is 2.63. The van der Waals surface area contributed by atoms with E-state index < -0.39 is 0 Å². The highest BCUT2D eigenvalue weighted by molar-refractivity contribution is 5.29. The summed E-state index contributed by atoms with van der Waals surface area (Å²) in [6.45, 7) is 8.72. The smallest absolute Gasteiger partial charge is 0.119 e. The van der Waals surface area contributed by atoms with E-state index in [2.05, 4.69) is 41.4 Å². The Morgan fingerprint density at radius 2 is 2.10 bits per heavy atom. The Morgan fingerprint density at radius 1 is 1.30 bits per heavy atom. The van der Waals surface area contributed by atoms with Gasteiger partial charge in [-0.3, -0.25) is 4.90 Å². The fourth-order valence-corrected chi connectivity index (χ4v) is 3.62. The van der Waals surface area contributed by atoms with Crippen LogP contribution in [0.5, 0.6) is 5.75 Å². The monoisotopic (exact) mass is 274 g/mol. The van der Waals surface area contributed by atoms with E-state index in [1.165, 1.54) is 38.0 Å². The molecule has 0 radical (unpaired) electrons. The predicted octanol–water partition coefficient (Wildman–Crippen LogP) is 2.83. The molecule has 0 aromatic heterocycles. The van der Waals surface area contributed by atoms with Gasteiger partial charge in [0, 0.05) is 25.2 Å². The molecule has 0 bridgehead atoms. The van der Waals surface area contributed by atoms with Crippen molar-refractivity contribution in [3.8, 4) is 5.75 Å². The van der Waals surface area contributed by atoms with Gasteiger partial charge >= 0.3 is 0 Å². The van der Waals surface area contributed by atoms with Crippen LogP contribution in [0.25, 0.3) is 0 Å². The molecule has 110 valence electrons. The van der Waals surface area contributed by atoms with Gasteiger partial charge in [0.1, 0.15) is 5.75 Å². The Balaban J connectivity index is 1.65. The number of piperidine rings is 1. The van der Waals surface area contributed by atoms with Crippen LogP contribution in [0.3, 0.4) is 0 Å². The molecular weight excluding hydrogens is 248 g/mol. The molecule has 1 aromatic rings. The van der Waals surface area contributed by atoms with Crippen LogP contribution in [-0.4, -0.2) is 37.2 Å².